The normalized spacial score (nSPS) is 16.2. The topological polar surface area (TPSA) is 29.3 Å². The van der Waals surface area contributed by atoms with Gasteiger partial charge in [-0.05, 0) is 43.0 Å². The smallest absolute Gasteiger partial charge is 0.0454 e. The molecule has 94 valence electrons. The second-order valence-corrected chi connectivity index (χ2v) is 5.53. The Balaban J connectivity index is 1.92. The van der Waals surface area contributed by atoms with Gasteiger partial charge >= 0.3 is 0 Å². The van der Waals surface area contributed by atoms with E-state index < -0.39 is 0 Å². The van der Waals surface area contributed by atoms with Gasteiger partial charge < -0.3 is 10.6 Å². The van der Waals surface area contributed by atoms with Crippen molar-refractivity contribution in [1.29, 1.82) is 0 Å². The van der Waals surface area contributed by atoms with Gasteiger partial charge in [-0.25, -0.2) is 0 Å². The minimum Gasteiger partial charge on any atom is -0.326 e. The Hall–Kier alpha value is -0.570. The Morgan fingerprint density at radius 1 is 1.41 bits per heavy atom. The summed E-state index contributed by atoms with van der Waals surface area (Å²) in [5.74, 6) is 0.905. The zero-order valence-electron chi connectivity index (χ0n) is 10.5. The summed E-state index contributed by atoms with van der Waals surface area (Å²) >= 11 is 6.25. The Kier molecular flexibility index (Phi) is 4.43. The van der Waals surface area contributed by atoms with Crippen molar-refractivity contribution in [1.82, 2.24) is 4.90 Å². The molecule has 1 saturated carbocycles. The molecule has 1 fully saturated rings. The summed E-state index contributed by atoms with van der Waals surface area (Å²) < 4.78 is 0. The lowest BCUT2D eigenvalue weighted by Crippen LogP contribution is -2.29. The molecule has 1 aliphatic rings. The predicted molar refractivity (Wildman–Crippen MR) is 73.0 cm³/mol. The number of rotatable bonds is 5. The van der Waals surface area contributed by atoms with Crippen molar-refractivity contribution in [3.05, 3.63) is 34.3 Å². The van der Waals surface area contributed by atoms with Crippen LogP contribution in [-0.2, 0) is 13.1 Å². The molecular weight excluding hydrogens is 232 g/mol. The quantitative estimate of drug-likeness (QED) is 0.873. The fourth-order valence-corrected chi connectivity index (χ4v) is 2.58. The van der Waals surface area contributed by atoms with E-state index in [0.717, 1.165) is 23.0 Å². The molecule has 0 atom stereocenters. The molecule has 0 radical (unpaired) electrons. The van der Waals surface area contributed by atoms with Crippen molar-refractivity contribution < 1.29 is 0 Å². The number of hydrogen-bond donors (Lipinski definition) is 1. The third-order valence-corrected chi connectivity index (χ3v) is 3.94. The molecule has 0 bridgehead atoms. The molecule has 2 nitrogen and oxygen atoms in total. The van der Waals surface area contributed by atoms with Gasteiger partial charge in [0.05, 0.1) is 0 Å². The van der Waals surface area contributed by atoms with E-state index in [1.54, 1.807) is 0 Å². The van der Waals surface area contributed by atoms with Crippen LogP contribution < -0.4 is 5.73 Å². The summed E-state index contributed by atoms with van der Waals surface area (Å²) in [4.78, 5) is 2.37. The first kappa shape index (κ1) is 12.9. The van der Waals surface area contributed by atoms with Crippen LogP contribution in [0.25, 0.3) is 0 Å². The first-order valence-electron chi connectivity index (χ1n) is 6.35. The molecule has 2 N–H and O–H groups in total. The summed E-state index contributed by atoms with van der Waals surface area (Å²) in [5, 5.41) is 0.841. The molecule has 1 aliphatic carbocycles. The molecule has 0 aromatic heterocycles. The maximum absolute atomic E-state index is 6.25. The zero-order chi connectivity index (χ0) is 12.3. The molecule has 1 aromatic rings. The maximum Gasteiger partial charge on any atom is 0.0454 e. The molecule has 0 unspecified atom stereocenters. The molecule has 0 saturated heterocycles. The van der Waals surface area contributed by atoms with Crippen LogP contribution in [0.1, 0.15) is 30.4 Å². The highest BCUT2D eigenvalue weighted by Crippen LogP contribution is 2.27. The number of hydrogen-bond acceptors (Lipinski definition) is 2. The largest absolute Gasteiger partial charge is 0.326 e. The minimum atomic E-state index is 0.553. The van der Waals surface area contributed by atoms with Crippen LogP contribution in [-0.4, -0.2) is 18.5 Å². The number of benzene rings is 1. The SMILES string of the molecule is CN(Cc1ccc(CN)cc1Cl)CC1CCC1. The maximum atomic E-state index is 6.25. The van der Waals surface area contributed by atoms with Crippen molar-refractivity contribution in [2.24, 2.45) is 11.7 Å². The molecule has 3 heteroatoms. The molecule has 0 heterocycles. The highest BCUT2D eigenvalue weighted by atomic mass is 35.5. The summed E-state index contributed by atoms with van der Waals surface area (Å²) in [6, 6.07) is 6.15. The van der Waals surface area contributed by atoms with Gasteiger partial charge in [-0.15, -0.1) is 0 Å². The van der Waals surface area contributed by atoms with Crippen LogP contribution in [0.15, 0.2) is 18.2 Å². The highest BCUT2D eigenvalue weighted by molar-refractivity contribution is 6.31. The monoisotopic (exact) mass is 252 g/mol. The summed E-state index contributed by atoms with van der Waals surface area (Å²) in [6.07, 6.45) is 4.19. The summed E-state index contributed by atoms with van der Waals surface area (Å²) in [5.41, 5.74) is 7.89. The summed E-state index contributed by atoms with van der Waals surface area (Å²) in [7, 11) is 2.17. The second-order valence-electron chi connectivity index (χ2n) is 5.12. The first-order chi connectivity index (χ1) is 8.19. The van der Waals surface area contributed by atoms with Crippen LogP contribution in [0.4, 0.5) is 0 Å². The van der Waals surface area contributed by atoms with Crippen molar-refractivity contribution >= 4 is 11.6 Å². The fourth-order valence-electron chi connectivity index (χ4n) is 2.32. The van der Waals surface area contributed by atoms with Gasteiger partial charge in [-0.1, -0.05) is 30.2 Å². The standard InChI is InChI=1S/C14H21ClN2/c1-17(9-11-3-2-4-11)10-13-6-5-12(8-16)7-14(13)15/h5-7,11H,2-4,8-10,16H2,1H3. The molecule has 0 amide bonds. The van der Waals surface area contributed by atoms with Gasteiger partial charge in [-0.2, -0.15) is 0 Å². The van der Waals surface area contributed by atoms with Crippen molar-refractivity contribution in [2.75, 3.05) is 13.6 Å². The van der Waals surface area contributed by atoms with E-state index in [-0.39, 0.29) is 0 Å². The predicted octanol–water partition coefficient (Wildman–Crippen LogP) is 3.03. The van der Waals surface area contributed by atoms with E-state index in [4.69, 9.17) is 17.3 Å². The second kappa shape index (κ2) is 5.85. The van der Waals surface area contributed by atoms with Gasteiger partial charge in [0.25, 0.3) is 0 Å². The highest BCUT2D eigenvalue weighted by Gasteiger charge is 2.19. The van der Waals surface area contributed by atoms with Gasteiger partial charge in [0.15, 0.2) is 0 Å². The molecule has 17 heavy (non-hydrogen) atoms. The Morgan fingerprint density at radius 3 is 2.71 bits per heavy atom. The van der Waals surface area contributed by atoms with E-state index >= 15 is 0 Å². The molecule has 0 spiro atoms. The number of nitrogens with zero attached hydrogens (tertiary/aromatic N) is 1. The lowest BCUT2D eigenvalue weighted by Gasteiger charge is -2.30. The van der Waals surface area contributed by atoms with E-state index in [0.29, 0.717) is 6.54 Å². The van der Waals surface area contributed by atoms with Crippen LogP contribution in [0.5, 0.6) is 0 Å². The van der Waals surface area contributed by atoms with Crippen LogP contribution in [0.3, 0.4) is 0 Å². The number of nitrogens with two attached hydrogens (primary N) is 1. The Morgan fingerprint density at radius 2 is 2.18 bits per heavy atom. The minimum absolute atomic E-state index is 0.553. The number of halogens is 1. The van der Waals surface area contributed by atoms with Gasteiger partial charge in [-0.3, -0.25) is 0 Å². The van der Waals surface area contributed by atoms with Gasteiger partial charge in [0.1, 0.15) is 0 Å². The van der Waals surface area contributed by atoms with E-state index in [1.807, 2.05) is 6.07 Å². The summed E-state index contributed by atoms with van der Waals surface area (Å²) in [6.45, 7) is 2.67. The van der Waals surface area contributed by atoms with E-state index in [9.17, 15) is 0 Å². The van der Waals surface area contributed by atoms with Crippen LogP contribution in [0.2, 0.25) is 5.02 Å². The Labute approximate surface area is 109 Å². The van der Waals surface area contributed by atoms with Crippen molar-refractivity contribution in [3.8, 4) is 0 Å². The molecule has 0 aliphatic heterocycles. The third kappa shape index (κ3) is 3.44. The van der Waals surface area contributed by atoms with Crippen LogP contribution >= 0.6 is 11.6 Å². The van der Waals surface area contributed by atoms with E-state index in [1.165, 1.54) is 31.4 Å². The van der Waals surface area contributed by atoms with E-state index in [2.05, 4.69) is 24.1 Å². The zero-order valence-corrected chi connectivity index (χ0v) is 11.2. The average molecular weight is 253 g/mol. The Bertz CT molecular complexity index is 374. The van der Waals surface area contributed by atoms with Crippen LogP contribution in [0, 0.1) is 5.92 Å². The van der Waals surface area contributed by atoms with Crippen molar-refractivity contribution in [3.63, 3.8) is 0 Å². The average Bonchev–Trinajstić information content (AvgIpc) is 2.26. The fraction of sp³-hybridized carbons (Fsp3) is 0.571. The molecule has 2 rings (SSSR count). The first-order valence-corrected chi connectivity index (χ1v) is 6.72. The molecule has 1 aromatic carbocycles. The van der Waals surface area contributed by atoms with Crippen molar-refractivity contribution in [2.45, 2.75) is 32.4 Å². The lowest BCUT2D eigenvalue weighted by molar-refractivity contribution is 0.200. The van der Waals surface area contributed by atoms with Gasteiger partial charge in [0.2, 0.25) is 0 Å². The lowest BCUT2D eigenvalue weighted by atomic mass is 9.85. The molecular formula is C14H21ClN2. The third-order valence-electron chi connectivity index (χ3n) is 3.59. The van der Waals surface area contributed by atoms with Gasteiger partial charge in [0, 0.05) is 24.7 Å².